The number of likely N-dealkylation sites (N-methyl/N-ethyl adjacent to an activating group) is 1. The van der Waals surface area contributed by atoms with Crippen LogP contribution >= 0.6 is 11.6 Å². The molecule has 3 aromatic rings. The summed E-state index contributed by atoms with van der Waals surface area (Å²) in [4.78, 5) is 35.3. The Hall–Kier alpha value is -3.80. The monoisotopic (exact) mass is 640 g/mol. The van der Waals surface area contributed by atoms with E-state index in [9.17, 15) is 35.9 Å². The van der Waals surface area contributed by atoms with Gasteiger partial charge in [0.05, 0.1) is 28.4 Å². The summed E-state index contributed by atoms with van der Waals surface area (Å²) in [5.74, 6) is -0.237. The number of halogens is 7. The minimum Gasteiger partial charge on any atom is -0.355 e. The molecule has 236 valence electrons. The second-order valence-corrected chi connectivity index (χ2v) is 11.6. The average Bonchev–Trinajstić information content (AvgIpc) is 3.22. The van der Waals surface area contributed by atoms with Gasteiger partial charge in [-0.25, -0.2) is 4.98 Å². The van der Waals surface area contributed by atoms with Gasteiger partial charge in [0.15, 0.2) is 0 Å². The molecular formula is C31H31ClF6N4O2. The molecule has 2 amide bonds. The van der Waals surface area contributed by atoms with Gasteiger partial charge in [0.2, 0.25) is 11.8 Å². The Morgan fingerprint density at radius 1 is 0.841 bits per heavy atom. The van der Waals surface area contributed by atoms with Gasteiger partial charge in [0.1, 0.15) is 5.82 Å². The molecule has 0 spiro atoms. The van der Waals surface area contributed by atoms with Crippen molar-refractivity contribution in [1.29, 1.82) is 0 Å². The lowest BCUT2D eigenvalue weighted by atomic mass is 9.81. The van der Waals surface area contributed by atoms with E-state index in [1.807, 2.05) is 4.90 Å². The zero-order chi connectivity index (χ0) is 32.6. The molecule has 44 heavy (non-hydrogen) atoms. The van der Waals surface area contributed by atoms with Crippen molar-refractivity contribution in [2.75, 3.05) is 43.0 Å². The summed E-state index contributed by atoms with van der Waals surface area (Å²) in [6.45, 7) is 6.26. The number of hydrogen-bond donors (Lipinski definition) is 0. The Labute approximate surface area is 256 Å². The number of benzene rings is 2. The molecule has 0 bridgehead atoms. The van der Waals surface area contributed by atoms with Gasteiger partial charge in [-0.15, -0.1) is 0 Å². The summed E-state index contributed by atoms with van der Waals surface area (Å²) in [6, 6.07) is 9.77. The number of pyridine rings is 1. The van der Waals surface area contributed by atoms with Gasteiger partial charge in [-0.3, -0.25) is 9.59 Å². The zero-order valence-electron chi connectivity index (χ0n) is 24.5. The highest BCUT2D eigenvalue weighted by molar-refractivity contribution is 6.33. The van der Waals surface area contributed by atoms with E-state index in [-0.39, 0.29) is 17.7 Å². The number of hydrogen-bond acceptors (Lipinski definition) is 4. The summed E-state index contributed by atoms with van der Waals surface area (Å²) < 4.78 is 81.6. The molecule has 1 aliphatic heterocycles. The standard InChI is InChI=1S/C31H31ClF6N4O2/c1-19(43)41-10-7-11-42(13-12-41)27-17-24(23-8-5-6-9-25(23)32)26(18-39-27)40(4)28(44)29(2,3)20-14-21(30(33,34)35)16-22(15-20)31(36,37)38/h5-6,8-9,14-18H,7,10-13H2,1-4H3. The highest BCUT2D eigenvalue weighted by atomic mass is 35.5. The Kier molecular flexibility index (Phi) is 9.25. The lowest BCUT2D eigenvalue weighted by Crippen LogP contribution is -2.42. The van der Waals surface area contributed by atoms with Crippen molar-refractivity contribution < 1.29 is 35.9 Å². The normalized spacial score (nSPS) is 14.8. The quantitative estimate of drug-likeness (QED) is 0.272. The molecule has 0 unspecified atom stereocenters. The summed E-state index contributed by atoms with van der Waals surface area (Å²) in [7, 11) is 1.38. The number of nitrogens with zero attached hydrogens (tertiary/aromatic N) is 4. The minimum atomic E-state index is -5.06. The van der Waals surface area contributed by atoms with Crippen molar-refractivity contribution >= 4 is 34.9 Å². The van der Waals surface area contributed by atoms with Crippen molar-refractivity contribution in [3.63, 3.8) is 0 Å². The van der Waals surface area contributed by atoms with Crippen molar-refractivity contribution in [1.82, 2.24) is 9.88 Å². The first-order valence-electron chi connectivity index (χ1n) is 13.7. The summed E-state index contributed by atoms with van der Waals surface area (Å²) in [5, 5.41) is 0.359. The third-order valence-corrected chi connectivity index (χ3v) is 8.14. The number of alkyl halides is 6. The van der Waals surface area contributed by atoms with E-state index in [0.717, 1.165) is 0 Å². The van der Waals surface area contributed by atoms with E-state index in [4.69, 9.17) is 11.6 Å². The number of carbonyl (C=O) groups excluding carboxylic acids is 2. The van der Waals surface area contributed by atoms with Gasteiger partial charge in [-0.2, -0.15) is 26.3 Å². The van der Waals surface area contributed by atoms with Crippen LogP contribution in [0.3, 0.4) is 0 Å². The first-order valence-corrected chi connectivity index (χ1v) is 14.1. The predicted octanol–water partition coefficient (Wildman–Crippen LogP) is 7.44. The van der Waals surface area contributed by atoms with Crippen molar-refractivity contribution in [3.05, 3.63) is 76.4 Å². The summed E-state index contributed by atoms with van der Waals surface area (Å²) >= 11 is 6.54. The van der Waals surface area contributed by atoms with Crippen LogP contribution in [0.1, 0.15) is 43.9 Å². The number of amides is 2. The molecule has 0 aliphatic carbocycles. The lowest BCUT2D eigenvalue weighted by Gasteiger charge is -2.32. The molecule has 1 aromatic heterocycles. The molecule has 4 rings (SSSR count). The molecule has 2 aromatic carbocycles. The second-order valence-electron chi connectivity index (χ2n) is 11.2. The van der Waals surface area contributed by atoms with Crippen LogP contribution in [0.4, 0.5) is 37.8 Å². The number of rotatable bonds is 5. The number of anilines is 2. The van der Waals surface area contributed by atoms with E-state index in [0.29, 0.717) is 66.7 Å². The molecule has 0 saturated carbocycles. The SMILES string of the molecule is CC(=O)N1CCCN(c2cc(-c3ccccc3Cl)c(N(C)C(=O)C(C)(C)c3cc(C(F)(F)F)cc(C(F)(F)F)c3)cn2)CC1. The maximum atomic E-state index is 13.9. The van der Waals surface area contributed by atoms with Crippen LogP contribution in [0, 0.1) is 0 Å². The highest BCUT2D eigenvalue weighted by Crippen LogP contribution is 2.41. The molecular weight excluding hydrogens is 610 g/mol. The van der Waals surface area contributed by atoms with Gasteiger partial charge < -0.3 is 14.7 Å². The summed E-state index contributed by atoms with van der Waals surface area (Å²) in [6.07, 6.45) is -7.99. The van der Waals surface area contributed by atoms with Crippen LogP contribution < -0.4 is 9.80 Å². The van der Waals surface area contributed by atoms with E-state index in [2.05, 4.69) is 4.98 Å². The Bertz CT molecular complexity index is 1520. The van der Waals surface area contributed by atoms with E-state index < -0.39 is 40.4 Å². The fourth-order valence-corrected chi connectivity index (χ4v) is 5.44. The van der Waals surface area contributed by atoms with Crippen LogP contribution in [0.15, 0.2) is 54.7 Å². The van der Waals surface area contributed by atoms with Crippen molar-refractivity contribution in [3.8, 4) is 11.1 Å². The largest absolute Gasteiger partial charge is 0.416 e. The first kappa shape index (κ1) is 33.1. The van der Waals surface area contributed by atoms with Gasteiger partial charge in [-0.1, -0.05) is 29.8 Å². The first-order chi connectivity index (χ1) is 20.4. The van der Waals surface area contributed by atoms with Gasteiger partial charge >= 0.3 is 12.4 Å². The summed E-state index contributed by atoms with van der Waals surface area (Å²) in [5.41, 5.74) is -3.98. The minimum absolute atomic E-state index is 0.0298. The smallest absolute Gasteiger partial charge is 0.355 e. The fourth-order valence-electron chi connectivity index (χ4n) is 5.20. The van der Waals surface area contributed by atoms with Crippen molar-refractivity contribution in [2.45, 2.75) is 45.0 Å². The Morgan fingerprint density at radius 3 is 2.00 bits per heavy atom. The van der Waals surface area contributed by atoms with E-state index in [1.165, 1.54) is 38.9 Å². The van der Waals surface area contributed by atoms with Crippen LogP contribution in [0.25, 0.3) is 11.1 Å². The molecule has 1 fully saturated rings. The third-order valence-electron chi connectivity index (χ3n) is 7.81. The molecule has 0 atom stereocenters. The molecule has 1 saturated heterocycles. The van der Waals surface area contributed by atoms with Gasteiger partial charge in [0, 0.05) is 56.3 Å². The Balaban J connectivity index is 1.78. The molecule has 6 nitrogen and oxygen atoms in total. The maximum Gasteiger partial charge on any atom is 0.416 e. The van der Waals surface area contributed by atoms with Gasteiger partial charge in [0.25, 0.3) is 0 Å². The van der Waals surface area contributed by atoms with Crippen LogP contribution in [-0.4, -0.2) is 54.9 Å². The van der Waals surface area contributed by atoms with Gasteiger partial charge in [-0.05, 0) is 56.2 Å². The molecule has 1 aliphatic rings. The Morgan fingerprint density at radius 2 is 1.43 bits per heavy atom. The average molecular weight is 641 g/mol. The second kappa shape index (κ2) is 12.3. The van der Waals surface area contributed by atoms with E-state index >= 15 is 0 Å². The fraction of sp³-hybridized carbons (Fsp3) is 0.387. The van der Waals surface area contributed by atoms with Crippen LogP contribution in [0.5, 0.6) is 0 Å². The number of carbonyl (C=O) groups is 2. The predicted molar refractivity (Wildman–Crippen MR) is 157 cm³/mol. The molecule has 0 N–H and O–H groups in total. The van der Waals surface area contributed by atoms with E-state index in [1.54, 1.807) is 35.2 Å². The van der Waals surface area contributed by atoms with Crippen LogP contribution in [-0.2, 0) is 27.4 Å². The number of aromatic nitrogens is 1. The van der Waals surface area contributed by atoms with Crippen molar-refractivity contribution in [2.24, 2.45) is 0 Å². The molecule has 13 heteroatoms. The molecule has 0 radical (unpaired) electrons. The highest BCUT2D eigenvalue weighted by Gasteiger charge is 2.41. The zero-order valence-corrected chi connectivity index (χ0v) is 25.2. The maximum absolute atomic E-state index is 13.9. The van der Waals surface area contributed by atoms with Crippen LogP contribution in [0.2, 0.25) is 5.02 Å². The topological polar surface area (TPSA) is 56.8 Å². The third kappa shape index (κ3) is 6.95. The lowest BCUT2D eigenvalue weighted by molar-refractivity contribution is -0.143. The molecule has 2 heterocycles.